The van der Waals surface area contributed by atoms with Crippen molar-refractivity contribution in [1.82, 2.24) is 15.0 Å². The number of para-hydroxylation sites is 1. The predicted octanol–water partition coefficient (Wildman–Crippen LogP) is 3.08. The zero-order chi connectivity index (χ0) is 14.8. The lowest BCUT2D eigenvalue weighted by Gasteiger charge is -2.06. The molecule has 0 bridgehead atoms. The molecule has 1 amide bonds. The summed E-state index contributed by atoms with van der Waals surface area (Å²) >= 11 is 0. The summed E-state index contributed by atoms with van der Waals surface area (Å²) < 4.78 is 0. The average Bonchev–Trinajstić information content (AvgIpc) is 2.91. The molecule has 3 rings (SSSR count). The molecule has 0 fully saturated rings. The van der Waals surface area contributed by atoms with Gasteiger partial charge in [0.1, 0.15) is 11.0 Å². The van der Waals surface area contributed by atoms with E-state index in [1.165, 1.54) is 0 Å². The lowest BCUT2D eigenvalue weighted by molar-refractivity contribution is -0.115. The third kappa shape index (κ3) is 2.63. The van der Waals surface area contributed by atoms with E-state index in [2.05, 4.69) is 15.5 Å². The Morgan fingerprint density at radius 2 is 1.81 bits per heavy atom. The number of hydrogen-bond donors (Lipinski definition) is 1. The number of benzene rings is 2. The molecule has 106 valence electrons. The molecule has 0 radical (unpaired) electrons. The highest BCUT2D eigenvalue weighted by molar-refractivity contribution is 5.93. The van der Waals surface area contributed by atoms with Crippen molar-refractivity contribution >= 4 is 22.6 Å². The number of carbonyl (C=O) groups is 1. The number of amides is 1. The zero-order valence-electron chi connectivity index (χ0n) is 12.0. The van der Waals surface area contributed by atoms with Crippen molar-refractivity contribution < 1.29 is 4.79 Å². The molecule has 2 aromatic carbocycles. The number of aromatic nitrogens is 3. The van der Waals surface area contributed by atoms with Crippen molar-refractivity contribution in [3.63, 3.8) is 0 Å². The fourth-order valence-corrected chi connectivity index (χ4v) is 2.12. The normalized spacial score (nSPS) is 10.8. The van der Waals surface area contributed by atoms with Crippen LogP contribution in [0.5, 0.6) is 0 Å². The third-order valence-electron chi connectivity index (χ3n) is 3.31. The Balaban J connectivity index is 2.04. The van der Waals surface area contributed by atoms with Crippen LogP contribution in [-0.4, -0.2) is 20.9 Å². The molecule has 21 heavy (non-hydrogen) atoms. The Kier molecular flexibility index (Phi) is 3.39. The van der Waals surface area contributed by atoms with Gasteiger partial charge >= 0.3 is 0 Å². The van der Waals surface area contributed by atoms with Gasteiger partial charge in [-0.3, -0.25) is 4.79 Å². The number of aryl methyl sites for hydroxylation is 1. The highest BCUT2D eigenvalue weighted by atomic mass is 16.1. The number of anilines is 1. The molecule has 0 saturated carbocycles. The summed E-state index contributed by atoms with van der Waals surface area (Å²) in [5.41, 5.74) is 4.24. The van der Waals surface area contributed by atoms with Crippen molar-refractivity contribution in [3.8, 4) is 5.69 Å². The maximum Gasteiger partial charge on any atom is 0.224 e. The first-order valence-electron chi connectivity index (χ1n) is 6.90. The summed E-state index contributed by atoms with van der Waals surface area (Å²) in [6.45, 7) is 3.78. The lowest BCUT2D eigenvalue weighted by Crippen LogP contribution is -2.10. The quantitative estimate of drug-likeness (QED) is 0.802. The van der Waals surface area contributed by atoms with Crippen LogP contribution in [0.2, 0.25) is 0 Å². The van der Waals surface area contributed by atoms with Gasteiger partial charge in [-0.2, -0.15) is 4.80 Å². The Hall–Kier alpha value is -2.69. The fraction of sp³-hybridized carbons (Fsp3) is 0.188. The minimum Gasteiger partial charge on any atom is -0.326 e. The molecule has 1 aromatic heterocycles. The second-order valence-electron chi connectivity index (χ2n) is 4.88. The van der Waals surface area contributed by atoms with Gasteiger partial charge in [0.15, 0.2) is 0 Å². The van der Waals surface area contributed by atoms with Gasteiger partial charge in [-0.15, -0.1) is 10.2 Å². The Bertz CT molecular complexity index is 793. The fourth-order valence-electron chi connectivity index (χ4n) is 2.12. The van der Waals surface area contributed by atoms with Crippen LogP contribution in [0.3, 0.4) is 0 Å². The standard InChI is InChI=1S/C16H16N4O/c1-3-16(21)17-13-10-15-14(9-11(13)2)18-20(19-15)12-7-5-4-6-8-12/h4-10H,3H2,1-2H3,(H,17,21). The molecule has 5 heteroatoms. The number of rotatable bonds is 3. The van der Waals surface area contributed by atoms with Crippen molar-refractivity contribution in [2.24, 2.45) is 0 Å². The van der Waals surface area contributed by atoms with E-state index in [1.807, 2.05) is 56.3 Å². The second-order valence-corrected chi connectivity index (χ2v) is 4.88. The predicted molar refractivity (Wildman–Crippen MR) is 82.5 cm³/mol. The van der Waals surface area contributed by atoms with Crippen LogP contribution in [0, 0.1) is 6.92 Å². The van der Waals surface area contributed by atoms with Crippen LogP contribution < -0.4 is 5.32 Å². The van der Waals surface area contributed by atoms with Gasteiger partial charge in [-0.1, -0.05) is 25.1 Å². The first-order valence-corrected chi connectivity index (χ1v) is 6.90. The number of nitrogens with zero attached hydrogens (tertiary/aromatic N) is 3. The summed E-state index contributed by atoms with van der Waals surface area (Å²) in [4.78, 5) is 13.2. The van der Waals surface area contributed by atoms with Crippen LogP contribution in [0.15, 0.2) is 42.5 Å². The molecule has 0 aliphatic carbocycles. The molecule has 0 saturated heterocycles. The highest BCUT2D eigenvalue weighted by Crippen LogP contribution is 2.22. The smallest absolute Gasteiger partial charge is 0.224 e. The highest BCUT2D eigenvalue weighted by Gasteiger charge is 2.09. The van der Waals surface area contributed by atoms with Crippen LogP contribution in [0.25, 0.3) is 16.7 Å². The van der Waals surface area contributed by atoms with E-state index in [4.69, 9.17) is 0 Å². The lowest BCUT2D eigenvalue weighted by atomic mass is 10.1. The first-order chi connectivity index (χ1) is 10.2. The van der Waals surface area contributed by atoms with Crippen LogP contribution in [-0.2, 0) is 4.79 Å². The number of hydrogen-bond acceptors (Lipinski definition) is 3. The molecule has 0 aliphatic heterocycles. The molecule has 3 aromatic rings. The molecule has 0 spiro atoms. The first kappa shape index (κ1) is 13.3. The van der Waals surface area contributed by atoms with Gasteiger partial charge in [0.2, 0.25) is 5.91 Å². The van der Waals surface area contributed by atoms with E-state index < -0.39 is 0 Å². The van der Waals surface area contributed by atoms with E-state index in [9.17, 15) is 4.79 Å². The SMILES string of the molecule is CCC(=O)Nc1cc2nn(-c3ccccc3)nc2cc1C. The molecular formula is C16H16N4O. The van der Waals surface area contributed by atoms with E-state index in [0.29, 0.717) is 6.42 Å². The van der Waals surface area contributed by atoms with Gasteiger partial charge in [-0.05, 0) is 36.8 Å². The monoisotopic (exact) mass is 280 g/mol. The summed E-state index contributed by atoms with van der Waals surface area (Å²) in [6.07, 6.45) is 0.453. The van der Waals surface area contributed by atoms with Crippen molar-refractivity contribution in [2.75, 3.05) is 5.32 Å². The molecule has 5 nitrogen and oxygen atoms in total. The minimum absolute atomic E-state index is 0.00657. The topological polar surface area (TPSA) is 59.8 Å². The number of nitrogens with one attached hydrogen (secondary N) is 1. The van der Waals surface area contributed by atoms with Crippen molar-refractivity contribution in [1.29, 1.82) is 0 Å². The summed E-state index contributed by atoms with van der Waals surface area (Å²) in [7, 11) is 0. The maximum absolute atomic E-state index is 11.5. The third-order valence-corrected chi connectivity index (χ3v) is 3.31. The molecule has 0 aliphatic rings. The zero-order valence-corrected chi connectivity index (χ0v) is 12.0. The van der Waals surface area contributed by atoms with Crippen LogP contribution in [0.1, 0.15) is 18.9 Å². The molecule has 0 unspecified atom stereocenters. The van der Waals surface area contributed by atoms with E-state index in [0.717, 1.165) is 28.0 Å². The number of carbonyl (C=O) groups excluding carboxylic acids is 1. The van der Waals surface area contributed by atoms with Crippen molar-refractivity contribution in [3.05, 3.63) is 48.0 Å². The van der Waals surface area contributed by atoms with Gasteiger partial charge < -0.3 is 5.32 Å². The number of fused-ring (bicyclic) bond motifs is 1. The van der Waals surface area contributed by atoms with Crippen molar-refractivity contribution in [2.45, 2.75) is 20.3 Å². The Morgan fingerprint density at radius 3 is 2.48 bits per heavy atom. The van der Waals surface area contributed by atoms with Gasteiger partial charge in [0.25, 0.3) is 0 Å². The summed E-state index contributed by atoms with van der Waals surface area (Å²) in [5.74, 6) is -0.00657. The summed E-state index contributed by atoms with van der Waals surface area (Å²) in [6, 6.07) is 13.5. The van der Waals surface area contributed by atoms with E-state index >= 15 is 0 Å². The van der Waals surface area contributed by atoms with Crippen LogP contribution >= 0.6 is 0 Å². The molecular weight excluding hydrogens is 264 g/mol. The molecule has 1 heterocycles. The minimum atomic E-state index is -0.00657. The summed E-state index contributed by atoms with van der Waals surface area (Å²) in [5, 5.41) is 11.8. The van der Waals surface area contributed by atoms with Gasteiger partial charge in [0.05, 0.1) is 5.69 Å². The van der Waals surface area contributed by atoms with E-state index in [-0.39, 0.29) is 5.91 Å². The van der Waals surface area contributed by atoms with Gasteiger partial charge in [-0.25, -0.2) is 0 Å². The van der Waals surface area contributed by atoms with Gasteiger partial charge in [0, 0.05) is 12.1 Å². The van der Waals surface area contributed by atoms with E-state index in [1.54, 1.807) is 4.80 Å². The second kappa shape index (κ2) is 5.36. The maximum atomic E-state index is 11.5. The largest absolute Gasteiger partial charge is 0.326 e. The molecule has 0 atom stereocenters. The Labute approximate surface area is 122 Å². The molecule has 1 N–H and O–H groups in total. The van der Waals surface area contributed by atoms with Crippen LogP contribution in [0.4, 0.5) is 5.69 Å². The average molecular weight is 280 g/mol. The Morgan fingerprint density at radius 1 is 1.14 bits per heavy atom.